The Morgan fingerprint density at radius 3 is 2.27 bits per heavy atom. The van der Waals surface area contributed by atoms with Crippen molar-refractivity contribution in [1.29, 1.82) is 0 Å². The van der Waals surface area contributed by atoms with E-state index in [1.54, 1.807) is 0 Å². The lowest BCUT2D eigenvalue weighted by Crippen LogP contribution is -2.13. The Bertz CT molecular complexity index is 738. The number of anilines is 1. The topological polar surface area (TPSA) is 12.0 Å². The van der Waals surface area contributed by atoms with Crippen molar-refractivity contribution in [2.45, 2.75) is 40.5 Å². The van der Waals surface area contributed by atoms with Gasteiger partial charge in [-0.1, -0.05) is 62.7 Å². The number of benzene rings is 2. The Labute approximate surface area is 134 Å². The summed E-state index contributed by atoms with van der Waals surface area (Å²) in [6.07, 6.45) is 2.17. The zero-order valence-corrected chi connectivity index (χ0v) is 14.2. The molecule has 0 fully saturated rings. The first kappa shape index (κ1) is 14.9. The van der Waals surface area contributed by atoms with E-state index in [0.717, 1.165) is 0 Å². The summed E-state index contributed by atoms with van der Waals surface area (Å²) in [5.74, 6) is 1.16. The number of allylic oxidation sites excluding steroid dienone is 1. The first-order valence-corrected chi connectivity index (χ1v) is 8.20. The fourth-order valence-corrected chi connectivity index (χ4v) is 3.27. The van der Waals surface area contributed by atoms with Gasteiger partial charge in [-0.25, -0.2) is 0 Å². The van der Waals surface area contributed by atoms with Crippen LogP contribution in [0.1, 0.15) is 50.3 Å². The second-order valence-corrected chi connectivity index (χ2v) is 6.68. The normalized spacial score (nSPS) is 16.2. The molecule has 1 N–H and O–H groups in total. The molecule has 1 unspecified atom stereocenters. The van der Waals surface area contributed by atoms with Gasteiger partial charge in [-0.3, -0.25) is 0 Å². The molecule has 1 aliphatic heterocycles. The number of hydrogen-bond donors (Lipinski definition) is 1. The first-order chi connectivity index (χ1) is 10.5. The van der Waals surface area contributed by atoms with Crippen LogP contribution in [0.25, 0.3) is 16.8 Å². The molecule has 0 aromatic heterocycles. The summed E-state index contributed by atoms with van der Waals surface area (Å²) >= 11 is 0. The van der Waals surface area contributed by atoms with Crippen molar-refractivity contribution >= 4 is 11.4 Å². The highest BCUT2D eigenvalue weighted by Gasteiger charge is 2.24. The van der Waals surface area contributed by atoms with Crippen molar-refractivity contribution in [3.8, 4) is 11.1 Å². The van der Waals surface area contributed by atoms with Crippen LogP contribution in [-0.2, 0) is 0 Å². The number of rotatable bonds is 2. The number of aryl methyl sites for hydroxylation is 1. The van der Waals surface area contributed by atoms with Crippen LogP contribution in [0.4, 0.5) is 5.69 Å². The quantitative estimate of drug-likeness (QED) is 0.693. The van der Waals surface area contributed by atoms with Gasteiger partial charge in [0, 0.05) is 22.5 Å². The van der Waals surface area contributed by atoms with Crippen molar-refractivity contribution in [1.82, 2.24) is 0 Å². The van der Waals surface area contributed by atoms with Gasteiger partial charge in [0.25, 0.3) is 0 Å². The van der Waals surface area contributed by atoms with E-state index in [2.05, 4.69) is 82.4 Å². The zero-order chi connectivity index (χ0) is 15.9. The van der Waals surface area contributed by atoms with Crippen LogP contribution < -0.4 is 5.32 Å². The summed E-state index contributed by atoms with van der Waals surface area (Å²) < 4.78 is 0. The summed E-state index contributed by atoms with van der Waals surface area (Å²) in [6, 6.07) is 13.3. The summed E-state index contributed by atoms with van der Waals surface area (Å²) in [7, 11) is 0. The molecule has 0 aliphatic carbocycles. The maximum atomic E-state index is 3.70. The minimum atomic E-state index is 0.532. The van der Waals surface area contributed by atoms with Crippen LogP contribution in [0.2, 0.25) is 0 Å². The fourth-order valence-electron chi connectivity index (χ4n) is 3.27. The molecule has 2 aromatic rings. The minimum absolute atomic E-state index is 0.532. The van der Waals surface area contributed by atoms with E-state index in [-0.39, 0.29) is 0 Å². The second kappa shape index (κ2) is 5.64. The Kier molecular flexibility index (Phi) is 3.82. The molecule has 1 nitrogen and oxygen atoms in total. The zero-order valence-electron chi connectivity index (χ0n) is 14.2. The maximum absolute atomic E-state index is 3.70. The van der Waals surface area contributed by atoms with Crippen LogP contribution in [0.5, 0.6) is 0 Å². The van der Waals surface area contributed by atoms with Crippen LogP contribution in [0.15, 0.2) is 42.5 Å². The standard InChI is InChI=1S/C21H25N/c1-6-20-17-10-8-7-9-16(17)19-12-14(4)11-18(21(19)22-20)15(5)13(2)3/h6-13,15,22H,1-5H3/b20-6-. The number of fused-ring (bicyclic) bond motifs is 3. The summed E-state index contributed by atoms with van der Waals surface area (Å²) in [5.41, 5.74) is 9.24. The van der Waals surface area contributed by atoms with E-state index in [1.807, 2.05) is 0 Å². The Morgan fingerprint density at radius 1 is 0.955 bits per heavy atom. The smallest absolute Gasteiger partial charge is 0.0499 e. The molecule has 1 heteroatoms. The van der Waals surface area contributed by atoms with E-state index >= 15 is 0 Å². The molecule has 3 rings (SSSR count). The first-order valence-electron chi connectivity index (χ1n) is 8.20. The van der Waals surface area contributed by atoms with Gasteiger partial charge < -0.3 is 5.32 Å². The lowest BCUT2D eigenvalue weighted by atomic mass is 9.82. The lowest BCUT2D eigenvalue weighted by molar-refractivity contribution is 0.536. The van der Waals surface area contributed by atoms with Crippen LogP contribution >= 0.6 is 0 Å². The second-order valence-electron chi connectivity index (χ2n) is 6.68. The van der Waals surface area contributed by atoms with Gasteiger partial charge in [-0.2, -0.15) is 0 Å². The molecule has 0 radical (unpaired) electrons. The summed E-state index contributed by atoms with van der Waals surface area (Å²) in [4.78, 5) is 0. The highest BCUT2D eigenvalue weighted by Crippen LogP contribution is 2.45. The predicted octanol–water partition coefficient (Wildman–Crippen LogP) is 6.21. The van der Waals surface area contributed by atoms with Crippen molar-refractivity contribution < 1.29 is 0 Å². The van der Waals surface area contributed by atoms with Gasteiger partial charge in [0.15, 0.2) is 0 Å². The molecule has 0 bridgehead atoms. The third-order valence-electron chi connectivity index (χ3n) is 4.86. The summed E-state index contributed by atoms with van der Waals surface area (Å²) in [5, 5.41) is 3.70. The minimum Gasteiger partial charge on any atom is -0.355 e. The van der Waals surface area contributed by atoms with Crippen LogP contribution in [-0.4, -0.2) is 0 Å². The molecule has 1 aliphatic rings. The van der Waals surface area contributed by atoms with E-state index in [4.69, 9.17) is 0 Å². The molecular weight excluding hydrogens is 266 g/mol. The molecule has 114 valence electrons. The van der Waals surface area contributed by atoms with E-state index < -0.39 is 0 Å². The predicted molar refractivity (Wildman–Crippen MR) is 97.1 cm³/mol. The molecule has 1 heterocycles. The third kappa shape index (κ3) is 2.35. The van der Waals surface area contributed by atoms with E-state index in [0.29, 0.717) is 11.8 Å². The molecular formula is C21H25N. The maximum Gasteiger partial charge on any atom is 0.0499 e. The highest BCUT2D eigenvalue weighted by atomic mass is 14.9. The SMILES string of the molecule is C/C=C1\Nc2c(cc(C)cc2C(C)C(C)C)-c2ccccc21. The molecule has 2 aromatic carbocycles. The average Bonchev–Trinajstić information content (AvgIpc) is 2.52. The monoisotopic (exact) mass is 291 g/mol. The van der Waals surface area contributed by atoms with Crippen LogP contribution in [0, 0.1) is 12.8 Å². The van der Waals surface area contributed by atoms with Crippen molar-refractivity contribution in [3.63, 3.8) is 0 Å². The molecule has 1 atom stereocenters. The summed E-state index contributed by atoms with van der Waals surface area (Å²) in [6.45, 7) is 11.2. The molecule has 22 heavy (non-hydrogen) atoms. The van der Waals surface area contributed by atoms with Gasteiger partial charge in [0.1, 0.15) is 0 Å². The van der Waals surface area contributed by atoms with Gasteiger partial charge in [-0.05, 0) is 42.9 Å². The highest BCUT2D eigenvalue weighted by molar-refractivity contribution is 5.99. The largest absolute Gasteiger partial charge is 0.355 e. The fraction of sp³-hybridized carbons (Fsp3) is 0.333. The molecule has 0 saturated carbocycles. The lowest BCUT2D eigenvalue weighted by Gasteiger charge is -2.30. The van der Waals surface area contributed by atoms with Gasteiger partial charge in [0.2, 0.25) is 0 Å². The van der Waals surface area contributed by atoms with Gasteiger partial charge >= 0.3 is 0 Å². The average molecular weight is 291 g/mol. The number of hydrogen-bond acceptors (Lipinski definition) is 1. The third-order valence-corrected chi connectivity index (χ3v) is 4.86. The van der Waals surface area contributed by atoms with Crippen LogP contribution in [0.3, 0.4) is 0 Å². The molecule has 0 amide bonds. The molecule has 0 spiro atoms. The van der Waals surface area contributed by atoms with E-state index in [9.17, 15) is 0 Å². The van der Waals surface area contributed by atoms with Crippen molar-refractivity contribution in [3.05, 3.63) is 59.2 Å². The number of nitrogens with one attached hydrogen (secondary N) is 1. The van der Waals surface area contributed by atoms with Gasteiger partial charge in [0.05, 0.1) is 0 Å². The Balaban J connectivity index is 2.29. The Hall–Kier alpha value is -2.02. The van der Waals surface area contributed by atoms with Crippen molar-refractivity contribution in [2.24, 2.45) is 5.92 Å². The Morgan fingerprint density at radius 2 is 1.64 bits per heavy atom. The van der Waals surface area contributed by atoms with Gasteiger partial charge in [-0.15, -0.1) is 0 Å². The van der Waals surface area contributed by atoms with E-state index in [1.165, 1.54) is 39.2 Å². The van der Waals surface area contributed by atoms with Crippen molar-refractivity contribution in [2.75, 3.05) is 5.32 Å². The molecule has 0 saturated heterocycles.